The highest BCUT2D eigenvalue weighted by molar-refractivity contribution is 5.84. The van der Waals surface area contributed by atoms with E-state index in [2.05, 4.69) is 5.32 Å². The molecule has 0 aromatic heterocycles. The molecule has 0 aliphatic carbocycles. The normalized spacial score (nSPS) is 16.9. The number of hydrogen-bond acceptors (Lipinski definition) is 3. The van der Waals surface area contributed by atoms with Crippen LogP contribution in [0.1, 0.15) is 23.7 Å². The second-order valence-electron chi connectivity index (χ2n) is 6.37. The molecule has 0 spiro atoms. The van der Waals surface area contributed by atoms with Crippen LogP contribution < -0.4 is 5.32 Å². The van der Waals surface area contributed by atoms with Gasteiger partial charge in [-0.25, -0.2) is 0 Å². The van der Waals surface area contributed by atoms with Crippen molar-refractivity contribution in [3.63, 3.8) is 0 Å². The number of amides is 2. The van der Waals surface area contributed by atoms with Gasteiger partial charge in [0.2, 0.25) is 11.8 Å². The lowest BCUT2D eigenvalue weighted by molar-refractivity contribution is -0.139. The Morgan fingerprint density at radius 3 is 2.46 bits per heavy atom. The summed E-state index contributed by atoms with van der Waals surface area (Å²) in [7, 11) is 0. The van der Waals surface area contributed by atoms with Gasteiger partial charge < -0.3 is 15.0 Å². The zero-order valence-electron chi connectivity index (χ0n) is 14.8. The van der Waals surface area contributed by atoms with Gasteiger partial charge in [-0.2, -0.15) is 0 Å². The van der Waals surface area contributed by atoms with E-state index in [0.29, 0.717) is 32.5 Å². The Morgan fingerprint density at radius 2 is 1.73 bits per heavy atom. The van der Waals surface area contributed by atoms with Crippen LogP contribution in [0.3, 0.4) is 0 Å². The van der Waals surface area contributed by atoms with Crippen molar-refractivity contribution in [3.8, 4) is 0 Å². The van der Waals surface area contributed by atoms with E-state index in [1.807, 2.05) is 60.7 Å². The molecule has 5 nitrogen and oxygen atoms in total. The topological polar surface area (TPSA) is 58.6 Å². The smallest absolute Gasteiger partial charge is 0.242 e. The van der Waals surface area contributed by atoms with Crippen LogP contribution in [0.4, 0.5) is 0 Å². The molecule has 1 heterocycles. The Bertz CT molecular complexity index is 719. The van der Waals surface area contributed by atoms with Gasteiger partial charge in [0, 0.05) is 13.0 Å². The maximum atomic E-state index is 12.4. The van der Waals surface area contributed by atoms with Crippen molar-refractivity contribution in [3.05, 3.63) is 71.8 Å². The zero-order chi connectivity index (χ0) is 18.2. The fraction of sp³-hybridized carbons (Fsp3) is 0.333. The number of benzene rings is 2. The number of carbonyl (C=O) groups is 2. The van der Waals surface area contributed by atoms with Crippen molar-refractivity contribution in [2.45, 2.75) is 18.9 Å². The third-order valence-corrected chi connectivity index (χ3v) is 4.51. The van der Waals surface area contributed by atoms with E-state index in [1.54, 1.807) is 4.90 Å². The highest BCUT2D eigenvalue weighted by Gasteiger charge is 2.25. The van der Waals surface area contributed by atoms with E-state index in [4.69, 9.17) is 4.74 Å². The molecule has 0 saturated carbocycles. The Morgan fingerprint density at radius 1 is 1.04 bits per heavy atom. The summed E-state index contributed by atoms with van der Waals surface area (Å²) >= 11 is 0. The van der Waals surface area contributed by atoms with Gasteiger partial charge in [0.1, 0.15) is 6.10 Å². The second-order valence-corrected chi connectivity index (χ2v) is 6.37. The van der Waals surface area contributed by atoms with Crippen LogP contribution >= 0.6 is 0 Å². The summed E-state index contributed by atoms with van der Waals surface area (Å²) in [5.41, 5.74) is 2.18. The number of morpholine rings is 1. The summed E-state index contributed by atoms with van der Waals surface area (Å²) in [5.74, 6) is -0.169. The van der Waals surface area contributed by atoms with E-state index < -0.39 is 0 Å². The number of rotatable bonds is 6. The van der Waals surface area contributed by atoms with E-state index in [-0.39, 0.29) is 24.5 Å². The molecule has 1 aliphatic rings. The minimum absolute atomic E-state index is 0.0368. The molecule has 26 heavy (non-hydrogen) atoms. The monoisotopic (exact) mass is 352 g/mol. The third kappa shape index (κ3) is 5.17. The summed E-state index contributed by atoms with van der Waals surface area (Å²) in [6.07, 6.45) is 0.948. The first-order valence-corrected chi connectivity index (χ1v) is 8.97. The van der Waals surface area contributed by atoms with Crippen molar-refractivity contribution in [1.82, 2.24) is 10.2 Å². The maximum Gasteiger partial charge on any atom is 0.242 e. The Kier molecular flexibility index (Phi) is 6.39. The van der Waals surface area contributed by atoms with E-state index >= 15 is 0 Å². The molecule has 0 bridgehead atoms. The summed E-state index contributed by atoms with van der Waals surface area (Å²) in [6, 6.07) is 19.8. The maximum absolute atomic E-state index is 12.4. The molecule has 5 heteroatoms. The van der Waals surface area contributed by atoms with Gasteiger partial charge in [-0.3, -0.25) is 9.59 Å². The van der Waals surface area contributed by atoms with Crippen molar-refractivity contribution in [2.75, 3.05) is 26.2 Å². The summed E-state index contributed by atoms with van der Waals surface area (Å²) < 4.78 is 5.78. The average molecular weight is 352 g/mol. The molecule has 1 aliphatic heterocycles. The average Bonchev–Trinajstić information content (AvgIpc) is 2.72. The van der Waals surface area contributed by atoms with E-state index in [1.165, 1.54) is 0 Å². The number of nitrogens with one attached hydrogen (secondary N) is 1. The van der Waals surface area contributed by atoms with Crippen molar-refractivity contribution < 1.29 is 14.3 Å². The van der Waals surface area contributed by atoms with Gasteiger partial charge >= 0.3 is 0 Å². The standard InChI is InChI=1S/C21H24N2O3/c24-20(12-11-17-7-3-1-4-8-17)22-15-21(25)23-13-14-26-19(16-23)18-9-5-2-6-10-18/h1-10,19H,11-16H2,(H,22,24). The SMILES string of the molecule is O=C(CCc1ccccc1)NCC(=O)N1CCOC(c2ccccc2)C1. The molecule has 136 valence electrons. The van der Waals surface area contributed by atoms with E-state index in [0.717, 1.165) is 11.1 Å². The van der Waals surface area contributed by atoms with E-state index in [9.17, 15) is 9.59 Å². The molecule has 1 unspecified atom stereocenters. The molecule has 2 aromatic carbocycles. The zero-order valence-corrected chi connectivity index (χ0v) is 14.8. The highest BCUT2D eigenvalue weighted by Crippen LogP contribution is 2.21. The first kappa shape index (κ1) is 18.1. The highest BCUT2D eigenvalue weighted by atomic mass is 16.5. The van der Waals surface area contributed by atoms with Crippen LogP contribution in [0.2, 0.25) is 0 Å². The minimum Gasteiger partial charge on any atom is -0.370 e. The Labute approximate surface area is 154 Å². The molecule has 0 radical (unpaired) electrons. The number of nitrogens with zero attached hydrogens (tertiary/aromatic N) is 1. The minimum atomic E-state index is -0.109. The lowest BCUT2D eigenvalue weighted by atomic mass is 10.1. The molecule has 1 atom stereocenters. The fourth-order valence-electron chi connectivity index (χ4n) is 3.02. The Balaban J connectivity index is 1.43. The van der Waals surface area contributed by atoms with Crippen molar-refractivity contribution in [1.29, 1.82) is 0 Å². The molecular formula is C21H24N2O3. The van der Waals surface area contributed by atoms with Crippen LogP contribution in [-0.4, -0.2) is 43.0 Å². The predicted octanol–water partition coefficient (Wildman–Crippen LogP) is 2.34. The molecule has 2 amide bonds. The summed E-state index contributed by atoms with van der Waals surface area (Å²) in [4.78, 5) is 26.2. The molecule has 1 N–H and O–H groups in total. The molecule has 2 aromatic rings. The van der Waals surface area contributed by atoms with Gasteiger partial charge in [-0.05, 0) is 17.5 Å². The first-order chi connectivity index (χ1) is 12.7. The number of hydrogen-bond donors (Lipinski definition) is 1. The molecule has 3 rings (SSSR count). The third-order valence-electron chi connectivity index (χ3n) is 4.51. The van der Waals surface area contributed by atoms with Crippen LogP contribution in [-0.2, 0) is 20.7 Å². The Hall–Kier alpha value is -2.66. The summed E-state index contributed by atoms with van der Waals surface area (Å²) in [6.45, 7) is 1.62. The largest absolute Gasteiger partial charge is 0.370 e. The van der Waals surface area contributed by atoms with Gasteiger partial charge in [0.25, 0.3) is 0 Å². The molecule has 1 saturated heterocycles. The number of aryl methyl sites for hydroxylation is 1. The van der Waals surface area contributed by atoms with Crippen LogP contribution in [0.25, 0.3) is 0 Å². The lowest BCUT2D eigenvalue weighted by Gasteiger charge is -2.33. The van der Waals surface area contributed by atoms with Crippen LogP contribution in [0.15, 0.2) is 60.7 Å². The second kappa shape index (κ2) is 9.15. The molecular weight excluding hydrogens is 328 g/mol. The van der Waals surface area contributed by atoms with Gasteiger partial charge in [0.15, 0.2) is 0 Å². The van der Waals surface area contributed by atoms with Crippen molar-refractivity contribution >= 4 is 11.8 Å². The number of ether oxygens (including phenoxy) is 1. The molecule has 1 fully saturated rings. The fourth-order valence-corrected chi connectivity index (χ4v) is 3.02. The predicted molar refractivity (Wildman–Crippen MR) is 99.5 cm³/mol. The van der Waals surface area contributed by atoms with Crippen LogP contribution in [0, 0.1) is 0 Å². The first-order valence-electron chi connectivity index (χ1n) is 8.97. The van der Waals surface area contributed by atoms with Gasteiger partial charge in [-0.1, -0.05) is 60.7 Å². The van der Waals surface area contributed by atoms with Gasteiger partial charge in [0.05, 0.1) is 19.7 Å². The lowest BCUT2D eigenvalue weighted by Crippen LogP contribution is -2.46. The van der Waals surface area contributed by atoms with Gasteiger partial charge in [-0.15, -0.1) is 0 Å². The van der Waals surface area contributed by atoms with Crippen LogP contribution in [0.5, 0.6) is 0 Å². The number of carbonyl (C=O) groups excluding carboxylic acids is 2. The van der Waals surface area contributed by atoms with Crippen molar-refractivity contribution in [2.24, 2.45) is 0 Å². The quantitative estimate of drug-likeness (QED) is 0.868. The summed E-state index contributed by atoms with van der Waals surface area (Å²) in [5, 5.41) is 2.73.